The number of carbonyl (C=O) groups is 3. The third kappa shape index (κ3) is 4.28. The number of aliphatic hydroxyl groups is 1. The van der Waals surface area contributed by atoms with Gasteiger partial charge in [-0.1, -0.05) is 11.6 Å². The second-order valence-corrected chi connectivity index (χ2v) is 8.56. The van der Waals surface area contributed by atoms with Crippen molar-refractivity contribution in [2.75, 3.05) is 14.2 Å². The molecule has 0 saturated heterocycles. The van der Waals surface area contributed by atoms with Gasteiger partial charge in [0.25, 0.3) is 0 Å². The number of allylic oxidation sites excluding steroid dienone is 1. The molecule has 8 nitrogen and oxygen atoms in total. The molecule has 0 fully saturated rings. The van der Waals surface area contributed by atoms with Crippen molar-refractivity contribution < 1.29 is 39.2 Å². The fraction of sp³-hybridized carbons (Fsp3) is 0.346. The van der Waals surface area contributed by atoms with Gasteiger partial charge < -0.3 is 24.8 Å². The van der Waals surface area contributed by atoms with Crippen molar-refractivity contribution in [2.45, 2.75) is 39.2 Å². The smallest absolute Gasteiger partial charge is 0.184 e. The number of hydrogen-bond donors (Lipinski definition) is 3. The first-order valence-electron chi connectivity index (χ1n) is 10.7. The Morgan fingerprint density at radius 1 is 1.06 bits per heavy atom. The quantitative estimate of drug-likeness (QED) is 0.305. The van der Waals surface area contributed by atoms with Crippen LogP contribution < -0.4 is 9.47 Å². The van der Waals surface area contributed by atoms with Crippen LogP contribution in [0.4, 0.5) is 0 Å². The van der Waals surface area contributed by atoms with Gasteiger partial charge in [0.1, 0.15) is 28.4 Å². The monoisotopic (exact) mass is 468 g/mol. The number of rotatable bonds is 8. The highest BCUT2D eigenvalue weighted by Crippen LogP contribution is 2.46. The van der Waals surface area contributed by atoms with E-state index >= 15 is 0 Å². The maximum Gasteiger partial charge on any atom is 0.184 e. The Morgan fingerprint density at radius 3 is 2.29 bits per heavy atom. The minimum absolute atomic E-state index is 0.0583. The molecule has 2 aromatic rings. The maximum atomic E-state index is 13.8. The largest absolute Gasteiger partial charge is 0.507 e. The zero-order valence-corrected chi connectivity index (χ0v) is 19.5. The number of aliphatic hydroxyl groups excluding tert-OH is 1. The lowest BCUT2D eigenvalue weighted by Crippen LogP contribution is -2.53. The number of carbonyl (C=O) groups excluding carboxylic acids is 3. The molecular formula is C26H28O8. The van der Waals surface area contributed by atoms with E-state index in [1.165, 1.54) is 14.2 Å². The zero-order valence-electron chi connectivity index (χ0n) is 19.5. The average Bonchev–Trinajstić information content (AvgIpc) is 2.80. The fourth-order valence-electron chi connectivity index (χ4n) is 4.32. The van der Waals surface area contributed by atoms with Crippen LogP contribution in [-0.4, -0.2) is 53.0 Å². The van der Waals surface area contributed by atoms with Crippen LogP contribution in [0, 0.1) is 5.41 Å². The Kier molecular flexibility index (Phi) is 7.12. The first kappa shape index (κ1) is 25.0. The van der Waals surface area contributed by atoms with Gasteiger partial charge in [-0.25, -0.2) is 0 Å². The molecule has 0 amide bonds. The van der Waals surface area contributed by atoms with Gasteiger partial charge in [-0.15, -0.1) is 0 Å². The number of hydrogen-bond acceptors (Lipinski definition) is 8. The molecule has 0 saturated carbocycles. The highest BCUT2D eigenvalue weighted by Gasteiger charge is 2.56. The summed E-state index contributed by atoms with van der Waals surface area (Å²) in [5.41, 5.74) is -1.70. The van der Waals surface area contributed by atoms with Gasteiger partial charge in [0, 0.05) is 18.4 Å². The summed E-state index contributed by atoms with van der Waals surface area (Å²) in [5, 5.41) is 31.8. The summed E-state index contributed by atoms with van der Waals surface area (Å²) < 4.78 is 10.6. The van der Waals surface area contributed by atoms with E-state index in [4.69, 9.17) is 9.47 Å². The highest BCUT2D eigenvalue weighted by molar-refractivity contribution is 6.26. The Balaban J connectivity index is 2.18. The van der Waals surface area contributed by atoms with E-state index in [9.17, 15) is 29.7 Å². The zero-order chi connectivity index (χ0) is 25.2. The Hall–Kier alpha value is -3.65. The van der Waals surface area contributed by atoms with Crippen molar-refractivity contribution in [3.8, 4) is 23.0 Å². The third-order valence-electron chi connectivity index (χ3n) is 6.17. The molecule has 1 aliphatic rings. The number of Topliss-reactive ketones (excluding diaryl/α,β-unsaturated/α-hetero) is 3. The molecule has 0 aliphatic heterocycles. The molecule has 2 atom stereocenters. The van der Waals surface area contributed by atoms with Gasteiger partial charge in [0.2, 0.25) is 0 Å². The molecule has 34 heavy (non-hydrogen) atoms. The second-order valence-electron chi connectivity index (χ2n) is 8.56. The van der Waals surface area contributed by atoms with E-state index < -0.39 is 52.4 Å². The summed E-state index contributed by atoms with van der Waals surface area (Å²) in [6.07, 6.45) is -0.907. The molecular weight excluding hydrogens is 440 g/mol. The van der Waals surface area contributed by atoms with Crippen molar-refractivity contribution in [3.63, 3.8) is 0 Å². The van der Waals surface area contributed by atoms with Crippen LogP contribution in [0.15, 0.2) is 42.0 Å². The summed E-state index contributed by atoms with van der Waals surface area (Å²) in [4.78, 5) is 40.7. The molecule has 0 heterocycles. The van der Waals surface area contributed by atoms with Crippen LogP contribution in [-0.2, 0) is 11.2 Å². The molecule has 3 rings (SSSR count). The van der Waals surface area contributed by atoms with Gasteiger partial charge in [0.15, 0.2) is 17.3 Å². The maximum absolute atomic E-state index is 13.8. The van der Waals surface area contributed by atoms with Crippen molar-refractivity contribution in [3.05, 3.63) is 58.7 Å². The predicted molar refractivity (Wildman–Crippen MR) is 124 cm³/mol. The Morgan fingerprint density at radius 2 is 1.71 bits per heavy atom. The average molecular weight is 469 g/mol. The van der Waals surface area contributed by atoms with Crippen molar-refractivity contribution in [1.29, 1.82) is 0 Å². The van der Waals surface area contributed by atoms with Crippen molar-refractivity contribution in [1.82, 2.24) is 0 Å². The molecule has 0 spiro atoms. The second kappa shape index (κ2) is 9.69. The summed E-state index contributed by atoms with van der Waals surface area (Å²) in [6.45, 7) is 3.60. The van der Waals surface area contributed by atoms with Crippen LogP contribution >= 0.6 is 0 Å². The van der Waals surface area contributed by atoms with Crippen LogP contribution in [0.25, 0.3) is 0 Å². The highest BCUT2D eigenvalue weighted by atomic mass is 16.5. The standard InChI is InChI=1S/C26H28O8/c1-14(2)5-10-21(30)26(22(31)12-15-11-16(33-3)6-9-20(15)34-4)13-19(29)23-17(27)7-8-18(28)24(23)25(26)32/h5-9,11,21,27-28,30H,10,12-13H2,1-4H3/t21-,26?/m1/s1. The number of methoxy groups -OCH3 is 2. The molecule has 180 valence electrons. The lowest BCUT2D eigenvalue weighted by molar-refractivity contribution is -0.131. The van der Waals surface area contributed by atoms with Gasteiger partial charge in [-0.2, -0.15) is 0 Å². The van der Waals surface area contributed by atoms with E-state index in [0.717, 1.165) is 17.7 Å². The first-order chi connectivity index (χ1) is 16.1. The van der Waals surface area contributed by atoms with Crippen LogP contribution in [0.2, 0.25) is 0 Å². The van der Waals surface area contributed by atoms with Crippen LogP contribution in [0.5, 0.6) is 23.0 Å². The molecule has 0 aromatic heterocycles. The van der Waals surface area contributed by atoms with Crippen LogP contribution in [0.1, 0.15) is 53.0 Å². The summed E-state index contributed by atoms with van der Waals surface area (Å²) in [5.74, 6) is -2.51. The number of fused-ring (bicyclic) bond motifs is 1. The van der Waals surface area contributed by atoms with E-state index in [1.807, 2.05) is 0 Å². The third-order valence-corrected chi connectivity index (χ3v) is 6.17. The Labute approximate surface area is 197 Å². The minimum atomic E-state index is -2.16. The molecule has 0 bridgehead atoms. The van der Waals surface area contributed by atoms with E-state index in [2.05, 4.69) is 0 Å². The fourth-order valence-corrected chi connectivity index (χ4v) is 4.32. The summed E-state index contributed by atoms with van der Waals surface area (Å²) >= 11 is 0. The normalized spacial score (nSPS) is 18.1. The van der Waals surface area contributed by atoms with E-state index in [0.29, 0.717) is 17.1 Å². The molecule has 0 radical (unpaired) electrons. The molecule has 8 heteroatoms. The number of ketones is 3. The number of benzene rings is 2. The molecule has 3 N–H and O–H groups in total. The molecule has 1 aliphatic carbocycles. The van der Waals surface area contributed by atoms with Crippen molar-refractivity contribution in [2.24, 2.45) is 5.41 Å². The lowest BCUT2D eigenvalue weighted by Gasteiger charge is -2.38. The summed E-state index contributed by atoms with van der Waals surface area (Å²) in [7, 11) is 2.90. The predicted octanol–water partition coefficient (Wildman–Crippen LogP) is 3.40. The topological polar surface area (TPSA) is 130 Å². The summed E-state index contributed by atoms with van der Waals surface area (Å²) in [6, 6.07) is 7.03. The van der Waals surface area contributed by atoms with Gasteiger partial charge in [-0.3, -0.25) is 14.4 Å². The van der Waals surface area contributed by atoms with Gasteiger partial charge in [-0.05, 0) is 50.6 Å². The van der Waals surface area contributed by atoms with E-state index in [-0.39, 0.29) is 18.4 Å². The number of phenols is 2. The molecule has 1 unspecified atom stereocenters. The van der Waals surface area contributed by atoms with Crippen LogP contribution in [0.3, 0.4) is 0 Å². The van der Waals surface area contributed by atoms with Gasteiger partial charge in [0.05, 0.1) is 31.5 Å². The first-order valence-corrected chi connectivity index (χ1v) is 10.7. The number of aromatic hydroxyl groups is 2. The lowest BCUT2D eigenvalue weighted by atomic mass is 9.62. The minimum Gasteiger partial charge on any atom is -0.507 e. The van der Waals surface area contributed by atoms with Gasteiger partial charge >= 0.3 is 0 Å². The Bertz CT molecular complexity index is 1180. The number of ether oxygens (including phenoxy) is 2. The van der Waals surface area contributed by atoms with E-state index in [1.54, 1.807) is 38.1 Å². The SMILES string of the molecule is COc1ccc(OC)c(CC(=O)C2([C@H](O)CC=C(C)C)CC(=O)c3c(O)ccc(O)c3C2=O)c1. The van der Waals surface area contributed by atoms with Crippen molar-refractivity contribution >= 4 is 17.3 Å². The number of phenolic OH excluding ortho intramolecular Hbond substituents is 2. The molecule has 2 aromatic carbocycles.